The predicted octanol–water partition coefficient (Wildman–Crippen LogP) is 3.75. The molecule has 0 bridgehead atoms. The van der Waals surface area contributed by atoms with Crippen LogP contribution >= 0.6 is 11.3 Å². The van der Waals surface area contributed by atoms with Crippen LogP contribution < -0.4 is 5.32 Å². The Balaban J connectivity index is 2.29. The summed E-state index contributed by atoms with van der Waals surface area (Å²) >= 11 is 1.42. The molecular formula is C18H25N3O4S. The molecule has 0 aromatic carbocycles. The van der Waals surface area contributed by atoms with E-state index in [1.165, 1.54) is 18.4 Å². The number of methoxy groups -OCH3 is 1. The van der Waals surface area contributed by atoms with Crippen LogP contribution in [0.5, 0.6) is 0 Å². The lowest BCUT2D eigenvalue weighted by atomic mass is 9.94. The summed E-state index contributed by atoms with van der Waals surface area (Å²) in [4.78, 5) is 32.8. The molecule has 1 N–H and O–H groups in total. The molecule has 0 aliphatic heterocycles. The maximum atomic E-state index is 12.4. The number of hydrogen-bond acceptors (Lipinski definition) is 7. The van der Waals surface area contributed by atoms with Gasteiger partial charge in [0.25, 0.3) is 0 Å². The van der Waals surface area contributed by atoms with Gasteiger partial charge in [-0.05, 0) is 12.8 Å². The van der Waals surface area contributed by atoms with Crippen LogP contribution in [0, 0.1) is 18.3 Å². The minimum atomic E-state index is -0.551. The third kappa shape index (κ3) is 4.30. The largest absolute Gasteiger partial charge is 0.464 e. The standard InChI is InChI=1S/C18H25N3O4S/c1-9(2)12(21-17(23)18(4,5)6)15-19-11(8-26-15)14-20-13(10(3)25-14)16(22)24-7/h8-9,12H,1-7H3,(H,21,23)/t12-/m0/s1. The van der Waals surface area contributed by atoms with E-state index in [4.69, 9.17) is 9.15 Å². The zero-order valence-corrected chi connectivity index (χ0v) is 17.0. The number of thiazole rings is 1. The molecular weight excluding hydrogens is 354 g/mol. The van der Waals surface area contributed by atoms with Gasteiger partial charge in [-0.15, -0.1) is 11.3 Å². The minimum absolute atomic E-state index is 0.0344. The highest BCUT2D eigenvalue weighted by atomic mass is 32.1. The Bertz CT molecular complexity index is 802. The van der Waals surface area contributed by atoms with Gasteiger partial charge in [-0.1, -0.05) is 34.6 Å². The van der Waals surface area contributed by atoms with Crippen molar-refractivity contribution >= 4 is 23.2 Å². The number of amides is 1. The summed E-state index contributed by atoms with van der Waals surface area (Å²) in [5.41, 5.74) is 0.180. The smallest absolute Gasteiger partial charge is 0.360 e. The molecule has 2 heterocycles. The molecule has 1 amide bonds. The van der Waals surface area contributed by atoms with E-state index < -0.39 is 11.4 Å². The first-order valence-electron chi connectivity index (χ1n) is 8.37. The Morgan fingerprint density at radius 2 is 1.92 bits per heavy atom. The third-order valence-electron chi connectivity index (χ3n) is 3.82. The maximum absolute atomic E-state index is 12.4. The second-order valence-electron chi connectivity index (χ2n) is 7.43. The molecule has 0 saturated heterocycles. The fourth-order valence-corrected chi connectivity index (χ4v) is 3.21. The van der Waals surface area contributed by atoms with Gasteiger partial charge in [0.05, 0.1) is 13.2 Å². The van der Waals surface area contributed by atoms with E-state index in [0.29, 0.717) is 11.5 Å². The Hall–Kier alpha value is -2.22. The molecule has 0 saturated carbocycles. The summed E-state index contributed by atoms with van der Waals surface area (Å²) in [6.07, 6.45) is 0. The number of carbonyl (C=O) groups is 2. The minimum Gasteiger partial charge on any atom is -0.464 e. The van der Waals surface area contributed by atoms with E-state index in [1.807, 2.05) is 34.6 Å². The SMILES string of the molecule is COC(=O)c1nc(-c2csc([C@@H](NC(=O)C(C)(C)C)C(C)C)n2)oc1C. The lowest BCUT2D eigenvalue weighted by Gasteiger charge is -2.25. The van der Waals surface area contributed by atoms with Crippen molar-refractivity contribution in [1.82, 2.24) is 15.3 Å². The number of nitrogens with zero attached hydrogens (tertiary/aromatic N) is 2. The summed E-state index contributed by atoms with van der Waals surface area (Å²) in [6.45, 7) is 11.3. The van der Waals surface area contributed by atoms with Gasteiger partial charge in [-0.2, -0.15) is 0 Å². The fourth-order valence-electron chi connectivity index (χ4n) is 2.19. The lowest BCUT2D eigenvalue weighted by Crippen LogP contribution is -2.39. The molecule has 2 rings (SSSR count). The average molecular weight is 379 g/mol. The van der Waals surface area contributed by atoms with Gasteiger partial charge in [0, 0.05) is 10.8 Å². The van der Waals surface area contributed by atoms with Crippen LogP contribution in [0.3, 0.4) is 0 Å². The van der Waals surface area contributed by atoms with Crippen molar-refractivity contribution < 1.29 is 18.7 Å². The average Bonchev–Trinajstić information content (AvgIpc) is 3.17. The number of ether oxygens (including phenoxy) is 1. The predicted molar refractivity (Wildman–Crippen MR) is 98.9 cm³/mol. The first-order chi connectivity index (χ1) is 12.0. The number of nitrogens with one attached hydrogen (secondary N) is 1. The molecule has 1 atom stereocenters. The van der Waals surface area contributed by atoms with Crippen LogP contribution in [0.1, 0.15) is 61.9 Å². The molecule has 0 unspecified atom stereocenters. The highest BCUT2D eigenvalue weighted by Gasteiger charge is 2.28. The van der Waals surface area contributed by atoms with E-state index in [1.54, 1.807) is 12.3 Å². The molecule has 142 valence electrons. The highest BCUT2D eigenvalue weighted by Crippen LogP contribution is 2.30. The van der Waals surface area contributed by atoms with Gasteiger partial charge in [0.1, 0.15) is 16.5 Å². The Labute approximate surface area is 157 Å². The number of hydrogen-bond donors (Lipinski definition) is 1. The van der Waals surface area contributed by atoms with Gasteiger partial charge < -0.3 is 14.5 Å². The molecule has 0 spiro atoms. The van der Waals surface area contributed by atoms with Crippen molar-refractivity contribution in [2.75, 3.05) is 7.11 Å². The van der Waals surface area contributed by atoms with Gasteiger partial charge in [0.2, 0.25) is 11.8 Å². The first-order valence-corrected chi connectivity index (χ1v) is 9.25. The van der Waals surface area contributed by atoms with Gasteiger partial charge >= 0.3 is 5.97 Å². The molecule has 7 nitrogen and oxygen atoms in total. The number of esters is 1. The van der Waals surface area contributed by atoms with E-state index in [2.05, 4.69) is 15.3 Å². The van der Waals surface area contributed by atoms with Crippen molar-refractivity contribution in [3.05, 3.63) is 21.8 Å². The molecule has 8 heteroatoms. The summed E-state index contributed by atoms with van der Waals surface area (Å²) < 4.78 is 10.2. The van der Waals surface area contributed by atoms with Crippen molar-refractivity contribution in [2.45, 2.75) is 47.6 Å². The van der Waals surface area contributed by atoms with E-state index in [9.17, 15) is 9.59 Å². The van der Waals surface area contributed by atoms with Gasteiger partial charge in [0.15, 0.2) is 5.69 Å². The van der Waals surface area contributed by atoms with Crippen LogP contribution in [0.2, 0.25) is 0 Å². The molecule has 2 aromatic heterocycles. The third-order valence-corrected chi connectivity index (χ3v) is 4.74. The molecule has 26 heavy (non-hydrogen) atoms. The molecule has 0 fully saturated rings. The van der Waals surface area contributed by atoms with E-state index >= 15 is 0 Å². The lowest BCUT2D eigenvalue weighted by molar-refractivity contribution is -0.129. The van der Waals surface area contributed by atoms with Crippen molar-refractivity contribution in [2.24, 2.45) is 11.3 Å². The monoisotopic (exact) mass is 379 g/mol. The Morgan fingerprint density at radius 1 is 1.27 bits per heavy atom. The summed E-state index contributed by atoms with van der Waals surface area (Å²) in [5, 5.41) is 5.64. The van der Waals surface area contributed by atoms with Crippen LogP contribution in [0.25, 0.3) is 11.6 Å². The normalized spacial score (nSPS) is 12.9. The van der Waals surface area contributed by atoms with Crippen molar-refractivity contribution in [3.63, 3.8) is 0 Å². The molecule has 0 radical (unpaired) electrons. The highest BCUT2D eigenvalue weighted by molar-refractivity contribution is 7.10. The Morgan fingerprint density at radius 3 is 2.46 bits per heavy atom. The number of rotatable bonds is 5. The van der Waals surface area contributed by atoms with Crippen molar-refractivity contribution in [3.8, 4) is 11.6 Å². The zero-order chi connectivity index (χ0) is 19.6. The Kier molecular flexibility index (Phi) is 5.85. The van der Waals surface area contributed by atoms with E-state index in [-0.39, 0.29) is 29.5 Å². The topological polar surface area (TPSA) is 94.3 Å². The van der Waals surface area contributed by atoms with Crippen LogP contribution in [-0.2, 0) is 9.53 Å². The number of aromatic nitrogens is 2. The zero-order valence-electron chi connectivity index (χ0n) is 16.2. The van der Waals surface area contributed by atoms with Gasteiger partial charge in [-0.25, -0.2) is 14.8 Å². The van der Waals surface area contributed by atoms with E-state index in [0.717, 1.165) is 5.01 Å². The number of oxazole rings is 1. The number of aryl methyl sites for hydroxylation is 1. The second-order valence-corrected chi connectivity index (χ2v) is 8.32. The fraction of sp³-hybridized carbons (Fsp3) is 0.556. The molecule has 0 aliphatic carbocycles. The maximum Gasteiger partial charge on any atom is 0.360 e. The van der Waals surface area contributed by atoms with Gasteiger partial charge in [-0.3, -0.25) is 4.79 Å². The quantitative estimate of drug-likeness (QED) is 0.795. The van der Waals surface area contributed by atoms with Crippen LogP contribution in [0.15, 0.2) is 9.80 Å². The molecule has 2 aromatic rings. The van der Waals surface area contributed by atoms with Crippen LogP contribution in [0.4, 0.5) is 0 Å². The summed E-state index contributed by atoms with van der Waals surface area (Å²) in [5.74, 6) is 0.216. The van der Waals surface area contributed by atoms with Crippen LogP contribution in [-0.4, -0.2) is 29.0 Å². The van der Waals surface area contributed by atoms with Crippen molar-refractivity contribution in [1.29, 1.82) is 0 Å². The second kappa shape index (κ2) is 7.57. The summed E-state index contributed by atoms with van der Waals surface area (Å²) in [7, 11) is 1.29. The first kappa shape index (κ1) is 20.1. The summed E-state index contributed by atoms with van der Waals surface area (Å²) in [6, 6.07) is -0.211. The number of carbonyl (C=O) groups excluding carboxylic acids is 2. The molecule has 0 aliphatic rings.